The van der Waals surface area contributed by atoms with Gasteiger partial charge in [-0.15, -0.1) is 16.4 Å². The van der Waals surface area contributed by atoms with E-state index < -0.39 is 0 Å². The number of tetrazole rings is 1. The Hall–Kier alpha value is -2.72. The largest absolute Gasteiger partial charge is 0.462 e. The van der Waals surface area contributed by atoms with Crippen LogP contribution in [0.4, 0.5) is 5.00 Å². The summed E-state index contributed by atoms with van der Waals surface area (Å²) in [5.41, 5.74) is 2.29. The Morgan fingerprint density at radius 3 is 2.83 bits per heavy atom. The average Bonchev–Trinajstić information content (AvgIpc) is 3.32. The number of rotatable bonds is 8. The van der Waals surface area contributed by atoms with Crippen molar-refractivity contribution in [3.05, 3.63) is 46.8 Å². The number of benzene rings is 1. The molecule has 10 heteroatoms. The lowest BCUT2D eigenvalue weighted by atomic mass is 10.1. The van der Waals surface area contributed by atoms with Gasteiger partial charge < -0.3 is 10.1 Å². The summed E-state index contributed by atoms with van der Waals surface area (Å²) in [5, 5.41) is 17.5. The Labute approximate surface area is 175 Å². The highest BCUT2D eigenvalue weighted by atomic mass is 32.2. The van der Waals surface area contributed by atoms with E-state index in [-0.39, 0.29) is 17.6 Å². The maximum absolute atomic E-state index is 12.5. The monoisotopic (exact) mass is 429 g/mol. The molecule has 0 bridgehead atoms. The lowest BCUT2D eigenvalue weighted by molar-refractivity contribution is -0.113. The summed E-state index contributed by atoms with van der Waals surface area (Å²) in [6, 6.07) is 9.47. The molecule has 0 saturated heterocycles. The number of para-hydroxylation sites is 1. The van der Waals surface area contributed by atoms with Crippen LogP contribution in [0.1, 0.15) is 41.6 Å². The molecule has 8 nitrogen and oxygen atoms in total. The smallest absolute Gasteiger partial charge is 0.341 e. The van der Waals surface area contributed by atoms with Crippen LogP contribution in [0.25, 0.3) is 5.69 Å². The van der Waals surface area contributed by atoms with E-state index in [0.717, 1.165) is 24.1 Å². The van der Waals surface area contributed by atoms with Gasteiger partial charge in [0.1, 0.15) is 5.00 Å². The molecule has 1 amide bonds. The highest BCUT2D eigenvalue weighted by Gasteiger charge is 2.32. The van der Waals surface area contributed by atoms with Crippen molar-refractivity contribution in [2.75, 3.05) is 17.7 Å². The van der Waals surface area contributed by atoms with Gasteiger partial charge in [0.15, 0.2) is 0 Å². The van der Waals surface area contributed by atoms with Crippen molar-refractivity contribution >= 4 is 40.0 Å². The van der Waals surface area contributed by atoms with Crippen LogP contribution in [-0.4, -0.2) is 44.4 Å². The molecular formula is C19H19N5O3S2. The van der Waals surface area contributed by atoms with Crippen LogP contribution in [0.2, 0.25) is 0 Å². The third-order valence-electron chi connectivity index (χ3n) is 4.34. The van der Waals surface area contributed by atoms with Gasteiger partial charge in [0.2, 0.25) is 11.1 Å². The molecular weight excluding hydrogens is 410 g/mol. The molecule has 150 valence electrons. The van der Waals surface area contributed by atoms with Crippen LogP contribution in [0.15, 0.2) is 40.9 Å². The highest BCUT2D eigenvalue weighted by Crippen LogP contribution is 2.46. The predicted octanol–water partition coefficient (Wildman–Crippen LogP) is 3.51. The summed E-state index contributed by atoms with van der Waals surface area (Å²) in [6.45, 7) is 2.07. The molecule has 2 heterocycles. The van der Waals surface area contributed by atoms with Gasteiger partial charge in [-0.25, -0.2) is 4.79 Å². The number of hydrogen-bond acceptors (Lipinski definition) is 8. The predicted molar refractivity (Wildman–Crippen MR) is 111 cm³/mol. The van der Waals surface area contributed by atoms with E-state index in [9.17, 15) is 9.59 Å². The summed E-state index contributed by atoms with van der Waals surface area (Å²) < 4.78 is 6.77. The Balaban J connectivity index is 1.44. The molecule has 1 aliphatic carbocycles. The Morgan fingerprint density at radius 2 is 2.10 bits per heavy atom. The molecule has 0 radical (unpaired) electrons. The first-order chi connectivity index (χ1) is 14.2. The molecule has 0 aliphatic heterocycles. The number of nitrogens with zero attached hydrogens (tertiary/aromatic N) is 4. The molecule has 1 fully saturated rings. The molecule has 3 aromatic rings. The molecule has 29 heavy (non-hydrogen) atoms. The number of ether oxygens (including phenoxy) is 1. The van der Waals surface area contributed by atoms with E-state index in [1.165, 1.54) is 23.1 Å². The molecule has 0 atom stereocenters. The van der Waals surface area contributed by atoms with E-state index in [4.69, 9.17) is 4.74 Å². The summed E-state index contributed by atoms with van der Waals surface area (Å²) in [5.74, 6) is -0.105. The number of anilines is 1. The van der Waals surface area contributed by atoms with Gasteiger partial charge >= 0.3 is 5.97 Å². The molecule has 0 spiro atoms. The topological polar surface area (TPSA) is 99.0 Å². The first-order valence-corrected chi connectivity index (χ1v) is 11.1. The van der Waals surface area contributed by atoms with Gasteiger partial charge in [0, 0.05) is 0 Å². The van der Waals surface area contributed by atoms with E-state index >= 15 is 0 Å². The van der Waals surface area contributed by atoms with Crippen molar-refractivity contribution in [1.82, 2.24) is 20.2 Å². The third-order valence-corrected chi connectivity index (χ3v) is 6.18. The average molecular weight is 430 g/mol. The molecule has 1 aliphatic rings. The summed E-state index contributed by atoms with van der Waals surface area (Å²) in [6.07, 6.45) is 2.13. The van der Waals surface area contributed by atoms with Gasteiger partial charge in [-0.1, -0.05) is 30.0 Å². The second kappa shape index (κ2) is 8.75. The quantitative estimate of drug-likeness (QED) is 0.432. The van der Waals surface area contributed by atoms with E-state index in [2.05, 4.69) is 20.8 Å². The zero-order valence-electron chi connectivity index (χ0n) is 15.7. The van der Waals surface area contributed by atoms with Gasteiger partial charge in [-0.05, 0) is 59.2 Å². The van der Waals surface area contributed by atoms with Gasteiger partial charge in [0.25, 0.3) is 0 Å². The van der Waals surface area contributed by atoms with E-state index in [1.807, 2.05) is 35.7 Å². The SMILES string of the molecule is CCOC(=O)c1c(C2CC2)csc1NC(=O)CSc1nnnn1-c1ccccc1. The van der Waals surface area contributed by atoms with E-state index in [0.29, 0.717) is 28.2 Å². The lowest BCUT2D eigenvalue weighted by Gasteiger charge is -2.08. The summed E-state index contributed by atoms with van der Waals surface area (Å²) >= 11 is 2.59. The van der Waals surface area contributed by atoms with Crippen molar-refractivity contribution in [2.45, 2.75) is 30.8 Å². The number of amides is 1. The third kappa shape index (κ3) is 4.48. The van der Waals surface area contributed by atoms with Crippen LogP contribution in [0, 0.1) is 0 Å². The first-order valence-electron chi connectivity index (χ1n) is 9.22. The van der Waals surface area contributed by atoms with Crippen molar-refractivity contribution in [1.29, 1.82) is 0 Å². The van der Waals surface area contributed by atoms with Crippen molar-refractivity contribution in [3.8, 4) is 5.69 Å². The minimum absolute atomic E-state index is 0.117. The van der Waals surface area contributed by atoms with Crippen molar-refractivity contribution < 1.29 is 14.3 Å². The fourth-order valence-corrected chi connectivity index (χ4v) is 4.60. The number of thioether (sulfide) groups is 1. The van der Waals surface area contributed by atoms with E-state index in [1.54, 1.807) is 11.6 Å². The fourth-order valence-electron chi connectivity index (χ4n) is 2.86. The molecule has 0 unspecified atom stereocenters. The Morgan fingerprint density at radius 1 is 1.31 bits per heavy atom. The van der Waals surface area contributed by atoms with Crippen LogP contribution >= 0.6 is 23.1 Å². The number of esters is 1. The van der Waals surface area contributed by atoms with Crippen LogP contribution in [0.3, 0.4) is 0 Å². The minimum Gasteiger partial charge on any atom is -0.462 e. The lowest BCUT2D eigenvalue weighted by Crippen LogP contribution is -2.17. The van der Waals surface area contributed by atoms with Crippen LogP contribution in [0.5, 0.6) is 0 Å². The fraction of sp³-hybridized carbons (Fsp3) is 0.316. The number of carbonyl (C=O) groups is 2. The molecule has 4 rings (SSSR count). The Bertz CT molecular complexity index is 1010. The second-order valence-corrected chi connectivity index (χ2v) is 8.26. The summed E-state index contributed by atoms with van der Waals surface area (Å²) in [7, 11) is 0. The number of carbonyl (C=O) groups excluding carboxylic acids is 2. The van der Waals surface area contributed by atoms with Crippen molar-refractivity contribution in [2.24, 2.45) is 0 Å². The number of hydrogen-bond donors (Lipinski definition) is 1. The second-order valence-electron chi connectivity index (χ2n) is 6.44. The Kier molecular flexibility index (Phi) is 5.91. The van der Waals surface area contributed by atoms with Crippen LogP contribution in [-0.2, 0) is 9.53 Å². The maximum atomic E-state index is 12.5. The normalized spacial score (nSPS) is 13.3. The highest BCUT2D eigenvalue weighted by molar-refractivity contribution is 7.99. The number of nitrogens with one attached hydrogen (secondary N) is 1. The molecule has 1 N–H and O–H groups in total. The number of aromatic nitrogens is 4. The molecule has 1 saturated carbocycles. The first kappa shape index (κ1) is 19.6. The number of thiophene rings is 1. The van der Waals surface area contributed by atoms with Gasteiger partial charge in [-0.2, -0.15) is 4.68 Å². The minimum atomic E-state index is -0.383. The zero-order chi connectivity index (χ0) is 20.2. The molecule has 2 aromatic heterocycles. The maximum Gasteiger partial charge on any atom is 0.341 e. The van der Waals surface area contributed by atoms with Crippen molar-refractivity contribution in [3.63, 3.8) is 0 Å². The summed E-state index contributed by atoms with van der Waals surface area (Å²) in [4.78, 5) is 24.9. The standard InChI is InChI=1S/C19H19N5O3S2/c1-2-27-18(26)16-14(12-8-9-12)10-28-17(16)20-15(25)11-29-19-21-22-23-24(19)13-6-4-3-5-7-13/h3-7,10,12H,2,8-9,11H2,1H3,(H,20,25). The van der Waals surface area contributed by atoms with Gasteiger partial charge in [0.05, 0.1) is 23.6 Å². The van der Waals surface area contributed by atoms with Crippen LogP contribution < -0.4 is 5.32 Å². The zero-order valence-corrected chi connectivity index (χ0v) is 17.3. The van der Waals surface area contributed by atoms with Gasteiger partial charge in [-0.3, -0.25) is 4.79 Å². The molecule has 1 aromatic carbocycles.